The molecule has 1 fully saturated rings. The van der Waals surface area contributed by atoms with E-state index in [1.807, 2.05) is 0 Å². The molecule has 114 valence electrons. The van der Waals surface area contributed by atoms with Crippen molar-refractivity contribution in [1.29, 1.82) is 0 Å². The fourth-order valence-corrected chi connectivity index (χ4v) is 4.20. The molecule has 1 rings (SSSR count). The van der Waals surface area contributed by atoms with Crippen molar-refractivity contribution >= 4 is 0 Å². The third-order valence-corrected chi connectivity index (χ3v) is 4.63. The molecule has 2 N–H and O–H groups in total. The molecule has 1 heterocycles. The summed E-state index contributed by atoms with van der Waals surface area (Å²) in [4.78, 5) is 2.79. The van der Waals surface area contributed by atoms with E-state index >= 15 is 0 Å². The molecule has 0 bridgehead atoms. The molecule has 0 spiro atoms. The summed E-state index contributed by atoms with van der Waals surface area (Å²) >= 11 is 0. The Morgan fingerprint density at radius 2 is 1.58 bits per heavy atom. The Bertz CT molecular complexity index is 248. The fourth-order valence-electron chi connectivity index (χ4n) is 4.20. The smallest absolute Gasteiger partial charge is 0.0339 e. The molecule has 1 saturated heterocycles. The maximum Gasteiger partial charge on any atom is 0.0339 e. The van der Waals surface area contributed by atoms with Crippen LogP contribution < -0.4 is 5.73 Å². The number of rotatable bonds is 7. The molecule has 1 aliphatic rings. The lowest BCUT2D eigenvalue weighted by Crippen LogP contribution is -2.58. The zero-order valence-electron chi connectivity index (χ0n) is 14.1. The lowest BCUT2D eigenvalue weighted by Gasteiger charge is -2.48. The number of hydrogen-bond donors (Lipinski definition) is 1. The summed E-state index contributed by atoms with van der Waals surface area (Å²) in [6.45, 7) is 16.2. The van der Waals surface area contributed by atoms with Gasteiger partial charge in [-0.15, -0.1) is 0 Å². The zero-order valence-corrected chi connectivity index (χ0v) is 14.1. The zero-order chi connectivity index (χ0) is 14.6. The Morgan fingerprint density at radius 1 is 1.05 bits per heavy atom. The monoisotopic (exact) mass is 268 g/mol. The molecule has 1 aliphatic heterocycles. The van der Waals surface area contributed by atoms with Gasteiger partial charge in [0.15, 0.2) is 0 Å². The Morgan fingerprint density at radius 3 is 1.95 bits per heavy atom. The van der Waals surface area contributed by atoms with Crippen LogP contribution in [0, 0.1) is 17.8 Å². The van der Waals surface area contributed by atoms with Gasteiger partial charge in [0.1, 0.15) is 0 Å². The van der Waals surface area contributed by atoms with Crippen molar-refractivity contribution < 1.29 is 0 Å². The average Bonchev–Trinajstić information content (AvgIpc) is 2.75. The van der Waals surface area contributed by atoms with Gasteiger partial charge in [0.2, 0.25) is 0 Å². The van der Waals surface area contributed by atoms with E-state index in [0.29, 0.717) is 0 Å². The van der Waals surface area contributed by atoms with Crippen molar-refractivity contribution in [2.75, 3.05) is 13.1 Å². The first-order valence-corrected chi connectivity index (χ1v) is 8.29. The molecule has 0 radical (unpaired) electrons. The van der Waals surface area contributed by atoms with Gasteiger partial charge in [-0.2, -0.15) is 0 Å². The predicted molar refractivity (Wildman–Crippen MR) is 85.3 cm³/mol. The summed E-state index contributed by atoms with van der Waals surface area (Å²) in [5.41, 5.74) is 6.53. The van der Waals surface area contributed by atoms with Gasteiger partial charge in [-0.05, 0) is 50.0 Å². The van der Waals surface area contributed by atoms with Crippen LogP contribution in [0.2, 0.25) is 0 Å². The van der Waals surface area contributed by atoms with Crippen LogP contribution in [-0.2, 0) is 0 Å². The first-order chi connectivity index (χ1) is 8.82. The van der Waals surface area contributed by atoms with Crippen LogP contribution in [0.5, 0.6) is 0 Å². The van der Waals surface area contributed by atoms with Gasteiger partial charge in [-0.1, -0.05) is 41.5 Å². The van der Waals surface area contributed by atoms with Crippen LogP contribution in [0.25, 0.3) is 0 Å². The minimum atomic E-state index is 0.230. The summed E-state index contributed by atoms with van der Waals surface area (Å²) in [6, 6.07) is 0.737. The summed E-state index contributed by atoms with van der Waals surface area (Å²) < 4.78 is 0. The van der Waals surface area contributed by atoms with E-state index in [1.165, 1.54) is 32.2 Å². The third-order valence-electron chi connectivity index (χ3n) is 4.63. The van der Waals surface area contributed by atoms with E-state index in [0.717, 1.165) is 30.3 Å². The second-order valence-corrected chi connectivity index (χ2v) is 7.77. The van der Waals surface area contributed by atoms with Gasteiger partial charge in [-0.25, -0.2) is 0 Å². The molecule has 0 aromatic heterocycles. The molecular weight excluding hydrogens is 232 g/mol. The summed E-state index contributed by atoms with van der Waals surface area (Å²) in [7, 11) is 0. The maximum absolute atomic E-state index is 6.30. The topological polar surface area (TPSA) is 29.3 Å². The highest BCUT2D eigenvalue weighted by Crippen LogP contribution is 2.38. The normalized spacial score (nSPS) is 22.1. The van der Waals surface area contributed by atoms with E-state index < -0.39 is 0 Å². The van der Waals surface area contributed by atoms with E-state index in [1.54, 1.807) is 0 Å². The van der Waals surface area contributed by atoms with Gasteiger partial charge in [0.05, 0.1) is 0 Å². The SMILES string of the molecule is CC(C)CC(CN)(CC(C)C)N1CCCC1C(C)C. The van der Waals surface area contributed by atoms with Crippen LogP contribution >= 0.6 is 0 Å². The second kappa shape index (κ2) is 7.08. The minimum Gasteiger partial charge on any atom is -0.329 e. The number of nitrogens with two attached hydrogens (primary N) is 1. The van der Waals surface area contributed by atoms with Crippen molar-refractivity contribution in [1.82, 2.24) is 4.90 Å². The van der Waals surface area contributed by atoms with Gasteiger partial charge in [0, 0.05) is 18.1 Å². The fraction of sp³-hybridized carbons (Fsp3) is 1.00. The van der Waals surface area contributed by atoms with E-state index in [4.69, 9.17) is 5.73 Å². The predicted octanol–water partition coefficient (Wildman–Crippen LogP) is 3.90. The lowest BCUT2D eigenvalue weighted by molar-refractivity contribution is 0.0265. The molecule has 1 atom stereocenters. The highest BCUT2D eigenvalue weighted by atomic mass is 15.3. The Kier molecular flexibility index (Phi) is 6.32. The summed E-state index contributed by atoms with van der Waals surface area (Å²) in [6.07, 6.45) is 5.19. The van der Waals surface area contributed by atoms with Crippen LogP contribution in [0.3, 0.4) is 0 Å². The molecule has 19 heavy (non-hydrogen) atoms. The van der Waals surface area contributed by atoms with E-state index in [2.05, 4.69) is 46.4 Å². The summed E-state index contributed by atoms with van der Waals surface area (Å²) in [5, 5.41) is 0. The number of likely N-dealkylation sites (tertiary alicyclic amines) is 1. The molecular formula is C17H36N2. The summed E-state index contributed by atoms with van der Waals surface area (Å²) in [5.74, 6) is 2.18. The maximum atomic E-state index is 6.30. The van der Waals surface area contributed by atoms with Crippen molar-refractivity contribution in [2.45, 2.75) is 78.8 Å². The standard InChI is InChI=1S/C17H36N2/c1-13(2)10-17(12-18,11-14(3)4)19-9-7-8-16(19)15(5)6/h13-16H,7-12,18H2,1-6H3. The van der Waals surface area contributed by atoms with Gasteiger partial charge in [0.25, 0.3) is 0 Å². The quantitative estimate of drug-likeness (QED) is 0.759. The van der Waals surface area contributed by atoms with Crippen molar-refractivity contribution in [3.8, 4) is 0 Å². The first kappa shape index (κ1) is 17.0. The molecule has 0 aliphatic carbocycles. The van der Waals surface area contributed by atoms with Crippen molar-refractivity contribution in [3.63, 3.8) is 0 Å². The first-order valence-electron chi connectivity index (χ1n) is 8.29. The molecule has 0 amide bonds. The average molecular weight is 268 g/mol. The highest BCUT2D eigenvalue weighted by Gasteiger charge is 2.43. The largest absolute Gasteiger partial charge is 0.329 e. The third kappa shape index (κ3) is 4.19. The molecule has 0 saturated carbocycles. The number of nitrogens with zero attached hydrogens (tertiary/aromatic N) is 1. The van der Waals surface area contributed by atoms with E-state index in [-0.39, 0.29) is 5.54 Å². The van der Waals surface area contributed by atoms with Crippen LogP contribution in [-0.4, -0.2) is 29.6 Å². The highest BCUT2D eigenvalue weighted by molar-refractivity contribution is 4.99. The van der Waals surface area contributed by atoms with Gasteiger partial charge < -0.3 is 5.73 Å². The minimum absolute atomic E-state index is 0.230. The van der Waals surface area contributed by atoms with Crippen LogP contribution in [0.1, 0.15) is 67.2 Å². The lowest BCUT2D eigenvalue weighted by atomic mass is 9.79. The Balaban J connectivity index is 2.99. The van der Waals surface area contributed by atoms with Gasteiger partial charge in [-0.3, -0.25) is 4.90 Å². The Labute approximate surface area is 121 Å². The van der Waals surface area contributed by atoms with Gasteiger partial charge >= 0.3 is 0 Å². The number of hydrogen-bond acceptors (Lipinski definition) is 2. The van der Waals surface area contributed by atoms with Crippen molar-refractivity contribution in [2.24, 2.45) is 23.5 Å². The van der Waals surface area contributed by atoms with Crippen molar-refractivity contribution in [3.05, 3.63) is 0 Å². The second-order valence-electron chi connectivity index (χ2n) is 7.77. The van der Waals surface area contributed by atoms with Crippen LogP contribution in [0.15, 0.2) is 0 Å². The Hall–Kier alpha value is -0.0800. The molecule has 0 aromatic carbocycles. The van der Waals surface area contributed by atoms with Crippen LogP contribution in [0.4, 0.5) is 0 Å². The molecule has 1 unspecified atom stereocenters. The molecule has 0 aromatic rings. The van der Waals surface area contributed by atoms with E-state index in [9.17, 15) is 0 Å². The molecule has 2 nitrogen and oxygen atoms in total. The molecule has 2 heteroatoms.